The van der Waals surface area contributed by atoms with E-state index in [2.05, 4.69) is 40.0 Å². The van der Waals surface area contributed by atoms with E-state index in [9.17, 15) is 13.2 Å². The second-order valence-corrected chi connectivity index (χ2v) is 5.93. The van der Waals surface area contributed by atoms with Crippen molar-refractivity contribution < 1.29 is 13.2 Å². The molecule has 0 saturated carbocycles. The van der Waals surface area contributed by atoms with E-state index >= 15 is 0 Å². The van der Waals surface area contributed by atoms with Crippen molar-refractivity contribution in [2.24, 2.45) is 0 Å². The van der Waals surface area contributed by atoms with E-state index in [0.717, 1.165) is 25.7 Å². The molecule has 0 aliphatic carbocycles. The molecule has 120 valence electrons. The van der Waals surface area contributed by atoms with Crippen molar-refractivity contribution in [1.82, 2.24) is 10.2 Å². The molecule has 21 heavy (non-hydrogen) atoms. The first-order chi connectivity index (χ1) is 9.77. The Morgan fingerprint density at radius 2 is 1.86 bits per heavy atom. The minimum atomic E-state index is -4.30. The second kappa shape index (κ2) is 8.15. The number of rotatable bonds is 7. The average Bonchev–Trinajstić information content (AvgIpc) is 2.42. The van der Waals surface area contributed by atoms with Crippen LogP contribution in [-0.2, 0) is 12.7 Å². The third-order valence-corrected chi connectivity index (χ3v) is 4.21. The summed E-state index contributed by atoms with van der Waals surface area (Å²) in [7, 11) is 0. The molecule has 0 saturated heterocycles. The summed E-state index contributed by atoms with van der Waals surface area (Å²) in [6.45, 7) is 9.46. The van der Waals surface area contributed by atoms with E-state index in [1.54, 1.807) is 0 Å². The van der Waals surface area contributed by atoms with Gasteiger partial charge in [-0.2, -0.15) is 13.2 Å². The van der Waals surface area contributed by atoms with E-state index in [0.29, 0.717) is 16.6 Å². The lowest BCUT2D eigenvalue weighted by Gasteiger charge is -2.23. The molecule has 0 fully saturated rings. The highest BCUT2D eigenvalue weighted by molar-refractivity contribution is 9.10. The first-order valence-corrected chi connectivity index (χ1v) is 7.88. The molecule has 0 bridgehead atoms. The first kappa shape index (κ1) is 18.5. The fourth-order valence-corrected chi connectivity index (χ4v) is 2.49. The third kappa shape index (κ3) is 5.96. The lowest BCUT2D eigenvalue weighted by Crippen LogP contribution is -2.38. The van der Waals surface area contributed by atoms with Gasteiger partial charge in [-0.25, -0.2) is 0 Å². The Labute approximate surface area is 132 Å². The number of benzene rings is 1. The maximum absolute atomic E-state index is 12.7. The van der Waals surface area contributed by atoms with Crippen LogP contribution in [0.4, 0.5) is 13.2 Å². The van der Waals surface area contributed by atoms with Crippen molar-refractivity contribution >= 4 is 15.9 Å². The van der Waals surface area contributed by atoms with Crippen molar-refractivity contribution in [1.29, 1.82) is 0 Å². The quantitative estimate of drug-likeness (QED) is 0.774. The molecule has 0 aliphatic heterocycles. The second-order valence-electron chi connectivity index (χ2n) is 5.07. The van der Waals surface area contributed by atoms with E-state index in [1.165, 1.54) is 12.1 Å². The van der Waals surface area contributed by atoms with Crippen molar-refractivity contribution in [3.05, 3.63) is 33.8 Å². The number of nitrogens with one attached hydrogen (secondary N) is 1. The lowest BCUT2D eigenvalue weighted by atomic mass is 10.1. The van der Waals surface area contributed by atoms with Crippen LogP contribution in [0.1, 0.15) is 31.9 Å². The van der Waals surface area contributed by atoms with Crippen LogP contribution in [0.5, 0.6) is 0 Å². The van der Waals surface area contributed by atoms with Gasteiger partial charge >= 0.3 is 6.18 Å². The van der Waals surface area contributed by atoms with Gasteiger partial charge < -0.3 is 10.2 Å². The Bertz CT molecular complexity index is 445. The highest BCUT2D eigenvalue weighted by atomic mass is 79.9. The Hall–Kier alpha value is -0.590. The van der Waals surface area contributed by atoms with Gasteiger partial charge in [0.1, 0.15) is 0 Å². The van der Waals surface area contributed by atoms with Gasteiger partial charge in [-0.05, 0) is 43.8 Å². The number of hydrogen-bond donors (Lipinski definition) is 1. The van der Waals surface area contributed by atoms with Gasteiger partial charge in [-0.15, -0.1) is 0 Å². The van der Waals surface area contributed by atoms with Gasteiger partial charge in [0.2, 0.25) is 0 Å². The Morgan fingerprint density at radius 1 is 1.24 bits per heavy atom. The molecule has 1 atom stereocenters. The zero-order valence-electron chi connectivity index (χ0n) is 12.6. The molecule has 0 spiro atoms. The molecule has 0 radical (unpaired) electrons. The Balaban J connectivity index is 2.66. The summed E-state index contributed by atoms with van der Waals surface area (Å²) in [4.78, 5) is 2.28. The minimum absolute atomic E-state index is 0.214. The van der Waals surface area contributed by atoms with Gasteiger partial charge in [-0.1, -0.05) is 29.8 Å². The van der Waals surface area contributed by atoms with Crippen LogP contribution in [0.15, 0.2) is 22.7 Å². The fraction of sp³-hybridized carbons (Fsp3) is 0.600. The van der Waals surface area contributed by atoms with Crippen molar-refractivity contribution in [3.8, 4) is 0 Å². The predicted molar refractivity (Wildman–Crippen MR) is 83.2 cm³/mol. The standard InChI is InChI=1S/C15H22BrF3N2/c1-4-21(5-2)10-11(3)20-9-12-8-13(15(17,18)19)6-7-14(12)16/h6-8,11,20H,4-5,9-10H2,1-3H3. The largest absolute Gasteiger partial charge is 0.416 e. The van der Waals surface area contributed by atoms with Crippen LogP contribution in [0, 0.1) is 0 Å². The van der Waals surface area contributed by atoms with Crippen molar-refractivity contribution in [3.63, 3.8) is 0 Å². The third-order valence-electron chi connectivity index (χ3n) is 3.44. The molecule has 1 unspecified atom stereocenters. The van der Waals surface area contributed by atoms with Gasteiger partial charge in [0.15, 0.2) is 0 Å². The molecule has 0 aliphatic rings. The summed E-state index contributed by atoms with van der Waals surface area (Å²) in [6.07, 6.45) is -4.30. The molecular weight excluding hydrogens is 345 g/mol. The zero-order valence-corrected chi connectivity index (χ0v) is 14.2. The number of likely N-dealkylation sites (N-methyl/N-ethyl adjacent to an activating group) is 1. The molecule has 0 heterocycles. The van der Waals surface area contributed by atoms with E-state index < -0.39 is 11.7 Å². The predicted octanol–water partition coefficient (Wildman–Crippen LogP) is 4.29. The highest BCUT2D eigenvalue weighted by Gasteiger charge is 2.30. The molecule has 1 aromatic carbocycles. The smallest absolute Gasteiger partial charge is 0.309 e. The maximum atomic E-state index is 12.7. The van der Waals surface area contributed by atoms with Gasteiger partial charge in [0, 0.05) is 23.6 Å². The first-order valence-electron chi connectivity index (χ1n) is 7.09. The molecule has 2 nitrogen and oxygen atoms in total. The number of nitrogens with zero attached hydrogens (tertiary/aromatic N) is 1. The minimum Gasteiger partial charge on any atom is -0.309 e. The summed E-state index contributed by atoms with van der Waals surface area (Å²) in [6, 6.07) is 3.95. The summed E-state index contributed by atoms with van der Waals surface area (Å²) in [5.74, 6) is 0. The van der Waals surface area contributed by atoms with Crippen LogP contribution >= 0.6 is 15.9 Å². The average molecular weight is 367 g/mol. The molecule has 6 heteroatoms. The lowest BCUT2D eigenvalue weighted by molar-refractivity contribution is -0.137. The van der Waals surface area contributed by atoms with Gasteiger partial charge in [0.25, 0.3) is 0 Å². The van der Waals surface area contributed by atoms with E-state index in [1.807, 2.05) is 6.92 Å². The molecular formula is C15H22BrF3N2. The zero-order chi connectivity index (χ0) is 16.0. The van der Waals surface area contributed by atoms with Crippen molar-refractivity contribution in [2.75, 3.05) is 19.6 Å². The topological polar surface area (TPSA) is 15.3 Å². The summed E-state index contributed by atoms with van der Waals surface area (Å²) in [5, 5.41) is 3.28. The maximum Gasteiger partial charge on any atom is 0.416 e. The number of hydrogen-bond acceptors (Lipinski definition) is 2. The van der Waals surface area contributed by atoms with E-state index in [4.69, 9.17) is 0 Å². The summed E-state index contributed by atoms with van der Waals surface area (Å²) in [5.41, 5.74) is 0.00937. The summed E-state index contributed by atoms with van der Waals surface area (Å²) >= 11 is 3.31. The van der Waals surface area contributed by atoms with Crippen LogP contribution in [0.3, 0.4) is 0 Å². The number of alkyl halides is 3. The molecule has 1 N–H and O–H groups in total. The van der Waals surface area contributed by atoms with Crippen LogP contribution < -0.4 is 5.32 Å². The normalized spacial score (nSPS) is 13.7. The van der Waals surface area contributed by atoms with E-state index in [-0.39, 0.29) is 6.04 Å². The molecule has 0 aromatic heterocycles. The van der Waals surface area contributed by atoms with Gasteiger partial charge in [-0.3, -0.25) is 0 Å². The van der Waals surface area contributed by atoms with Crippen LogP contribution in [0.2, 0.25) is 0 Å². The SMILES string of the molecule is CCN(CC)CC(C)NCc1cc(C(F)(F)F)ccc1Br. The Kier molecular flexibility index (Phi) is 7.16. The summed E-state index contributed by atoms with van der Waals surface area (Å²) < 4.78 is 38.9. The molecule has 1 aromatic rings. The highest BCUT2D eigenvalue weighted by Crippen LogP contribution is 2.31. The molecule has 0 amide bonds. The van der Waals surface area contributed by atoms with Crippen LogP contribution in [-0.4, -0.2) is 30.6 Å². The Morgan fingerprint density at radius 3 is 2.38 bits per heavy atom. The van der Waals surface area contributed by atoms with Crippen LogP contribution in [0.25, 0.3) is 0 Å². The monoisotopic (exact) mass is 366 g/mol. The molecule has 1 rings (SSSR count). The fourth-order valence-electron chi connectivity index (χ4n) is 2.10. The van der Waals surface area contributed by atoms with Crippen molar-refractivity contribution in [2.45, 2.75) is 39.5 Å². The van der Waals surface area contributed by atoms with Gasteiger partial charge in [0.05, 0.1) is 5.56 Å². The number of halogens is 4.